The average Bonchev–Trinajstić information content (AvgIpc) is 3.00. The van der Waals surface area contributed by atoms with Crippen LogP contribution in [0.5, 0.6) is 0 Å². The lowest BCUT2D eigenvalue weighted by Crippen LogP contribution is -2.35. The van der Waals surface area contributed by atoms with Crippen LogP contribution in [0.4, 0.5) is 0 Å². The van der Waals surface area contributed by atoms with Gasteiger partial charge >= 0.3 is 0 Å². The van der Waals surface area contributed by atoms with E-state index >= 15 is 0 Å². The predicted molar refractivity (Wildman–Crippen MR) is 123 cm³/mol. The number of allylic oxidation sites excluding steroid dienone is 5. The Morgan fingerprint density at radius 3 is 2.31 bits per heavy atom. The molecule has 7 atom stereocenters. The lowest BCUT2D eigenvalue weighted by molar-refractivity contribution is 0.0609. The molecule has 3 saturated carbocycles. The van der Waals surface area contributed by atoms with Crippen LogP contribution in [0.2, 0.25) is 0 Å². The fourth-order valence-electron chi connectivity index (χ4n) is 6.38. The van der Waals surface area contributed by atoms with Gasteiger partial charge in [-0.15, -0.1) is 0 Å². The molecule has 0 bridgehead atoms. The maximum absolute atomic E-state index is 9.97. The molecular weight excluding hydrogens is 356 g/mol. The van der Waals surface area contributed by atoms with E-state index in [4.69, 9.17) is 0 Å². The van der Waals surface area contributed by atoms with E-state index in [9.17, 15) is 10.2 Å². The van der Waals surface area contributed by atoms with Crippen molar-refractivity contribution in [3.63, 3.8) is 0 Å². The number of fused-ring (bicyclic) bond motifs is 1. The normalized spacial score (nSPS) is 40.7. The number of aliphatic hydroxyl groups excluding tert-OH is 2. The summed E-state index contributed by atoms with van der Waals surface area (Å²) in [6.45, 7) is 11.9. The van der Waals surface area contributed by atoms with Crippen molar-refractivity contribution in [2.24, 2.45) is 35.0 Å². The molecule has 29 heavy (non-hydrogen) atoms. The summed E-state index contributed by atoms with van der Waals surface area (Å²) >= 11 is 0. The van der Waals surface area contributed by atoms with Gasteiger partial charge in [-0.25, -0.2) is 0 Å². The monoisotopic (exact) mass is 400 g/mol. The third-order valence-corrected chi connectivity index (χ3v) is 8.52. The zero-order valence-electron chi connectivity index (χ0n) is 19.4. The van der Waals surface area contributed by atoms with Crippen molar-refractivity contribution in [2.75, 3.05) is 0 Å². The summed E-state index contributed by atoms with van der Waals surface area (Å²) in [5.41, 5.74) is 3.25. The molecule has 0 radical (unpaired) electrons. The molecule has 2 heteroatoms. The summed E-state index contributed by atoms with van der Waals surface area (Å²) in [6, 6.07) is 0. The third kappa shape index (κ3) is 5.25. The first-order valence-corrected chi connectivity index (χ1v) is 12.1. The summed E-state index contributed by atoms with van der Waals surface area (Å²) in [7, 11) is 0. The first kappa shape index (κ1) is 22.8. The fraction of sp³-hybridized carbons (Fsp3) is 0.778. The fourth-order valence-corrected chi connectivity index (χ4v) is 6.38. The van der Waals surface area contributed by atoms with Crippen LogP contribution in [0.25, 0.3) is 0 Å². The van der Waals surface area contributed by atoms with Crippen LogP contribution in [-0.2, 0) is 0 Å². The second-order valence-electron chi connectivity index (χ2n) is 11.0. The quantitative estimate of drug-likeness (QED) is 0.521. The highest BCUT2D eigenvalue weighted by molar-refractivity contribution is 5.26. The second-order valence-corrected chi connectivity index (χ2v) is 11.0. The Balaban J connectivity index is 1.72. The summed E-state index contributed by atoms with van der Waals surface area (Å²) in [4.78, 5) is 0. The minimum atomic E-state index is -0.378. The minimum absolute atomic E-state index is 0.378. The van der Waals surface area contributed by atoms with Gasteiger partial charge in [0.25, 0.3) is 0 Å². The van der Waals surface area contributed by atoms with Crippen LogP contribution in [0.1, 0.15) is 86.0 Å². The molecule has 0 heterocycles. The van der Waals surface area contributed by atoms with Crippen LogP contribution in [0.15, 0.2) is 35.5 Å². The summed E-state index contributed by atoms with van der Waals surface area (Å²) in [5, 5.41) is 19.9. The molecular formula is C27H44O2. The van der Waals surface area contributed by atoms with Gasteiger partial charge in [0.05, 0.1) is 12.2 Å². The van der Waals surface area contributed by atoms with Gasteiger partial charge < -0.3 is 10.2 Å². The van der Waals surface area contributed by atoms with Crippen LogP contribution in [-0.4, -0.2) is 22.4 Å². The van der Waals surface area contributed by atoms with Gasteiger partial charge in [-0.05, 0) is 86.4 Å². The van der Waals surface area contributed by atoms with Gasteiger partial charge in [0, 0.05) is 0 Å². The molecule has 2 nitrogen and oxygen atoms in total. The smallest absolute Gasteiger partial charge is 0.0602 e. The first-order valence-electron chi connectivity index (χ1n) is 12.1. The van der Waals surface area contributed by atoms with E-state index in [0.717, 1.165) is 18.8 Å². The van der Waals surface area contributed by atoms with Crippen LogP contribution >= 0.6 is 0 Å². The zero-order valence-corrected chi connectivity index (χ0v) is 19.4. The van der Waals surface area contributed by atoms with Crippen molar-refractivity contribution in [3.8, 4) is 0 Å². The van der Waals surface area contributed by atoms with Crippen molar-refractivity contribution in [1.82, 2.24) is 0 Å². The predicted octanol–water partition coefficient (Wildman–Crippen LogP) is 6.45. The highest BCUT2D eigenvalue weighted by atomic mass is 16.3. The van der Waals surface area contributed by atoms with Crippen LogP contribution < -0.4 is 0 Å². The van der Waals surface area contributed by atoms with Crippen molar-refractivity contribution >= 4 is 0 Å². The van der Waals surface area contributed by atoms with Gasteiger partial charge in [-0.2, -0.15) is 0 Å². The van der Waals surface area contributed by atoms with E-state index in [2.05, 4.69) is 58.9 Å². The summed E-state index contributed by atoms with van der Waals surface area (Å²) in [5.74, 6) is 3.48. The van der Waals surface area contributed by atoms with E-state index in [1.54, 1.807) is 5.57 Å². The molecule has 3 unspecified atom stereocenters. The molecule has 2 N–H and O–H groups in total. The Bertz CT molecular complexity index is 631. The van der Waals surface area contributed by atoms with Gasteiger partial charge in [0.1, 0.15) is 0 Å². The molecule has 0 amide bonds. The van der Waals surface area contributed by atoms with Gasteiger partial charge in [-0.1, -0.05) is 70.1 Å². The molecule has 3 aliphatic rings. The molecule has 0 aromatic heterocycles. The van der Waals surface area contributed by atoms with Crippen LogP contribution in [0.3, 0.4) is 0 Å². The lowest BCUT2D eigenvalue weighted by atomic mass is 9.61. The van der Waals surface area contributed by atoms with Crippen LogP contribution in [0, 0.1) is 35.0 Å². The van der Waals surface area contributed by atoms with Gasteiger partial charge in [0.2, 0.25) is 0 Å². The largest absolute Gasteiger partial charge is 0.393 e. The molecule has 0 aromatic rings. The van der Waals surface area contributed by atoms with E-state index in [0.29, 0.717) is 35.5 Å². The van der Waals surface area contributed by atoms with E-state index in [1.165, 1.54) is 37.7 Å². The van der Waals surface area contributed by atoms with E-state index < -0.39 is 0 Å². The first-order chi connectivity index (χ1) is 13.7. The second kappa shape index (κ2) is 9.52. The van der Waals surface area contributed by atoms with Gasteiger partial charge in [0.15, 0.2) is 0 Å². The number of hydrogen-bond acceptors (Lipinski definition) is 2. The van der Waals surface area contributed by atoms with Crippen molar-refractivity contribution in [3.05, 3.63) is 35.5 Å². The minimum Gasteiger partial charge on any atom is -0.393 e. The van der Waals surface area contributed by atoms with E-state index in [1.807, 2.05) is 0 Å². The molecule has 3 fully saturated rings. The Morgan fingerprint density at radius 2 is 1.66 bits per heavy atom. The highest BCUT2D eigenvalue weighted by Gasteiger charge is 2.50. The molecule has 0 aliphatic heterocycles. The van der Waals surface area contributed by atoms with E-state index in [-0.39, 0.29) is 12.2 Å². The standard InChI is InChI=1S/C27H44O2/c1-18(2)19(3)8-9-20(4)25-12-13-26-22(7-6-14-27(25,26)5)11-10-21-15-23(28)17-24(29)16-21/h8-11,18-20,23-26,28-29H,6-7,12-17H2,1-5H3/b9-8+,21-10?,22-11+/t19-,20+,23+,24?,25?,26?,27+/m0/s1. The molecule has 0 aromatic carbocycles. The molecule has 0 saturated heterocycles. The Labute approximate surface area is 179 Å². The van der Waals surface area contributed by atoms with Gasteiger partial charge in [-0.3, -0.25) is 0 Å². The number of hydrogen-bond donors (Lipinski definition) is 2. The average molecular weight is 401 g/mol. The SMILES string of the molecule is CC(C)[C@@H](C)/C=C/[C@@H](C)C1CCC2/C(=C/C=C3CC(O)C[C@H](O)C3)CCC[C@@]21C. The summed E-state index contributed by atoms with van der Waals surface area (Å²) < 4.78 is 0. The zero-order chi connectivity index (χ0) is 21.2. The molecule has 0 spiro atoms. The molecule has 3 aliphatic carbocycles. The topological polar surface area (TPSA) is 40.5 Å². The van der Waals surface area contributed by atoms with Crippen molar-refractivity contribution < 1.29 is 10.2 Å². The summed E-state index contributed by atoms with van der Waals surface area (Å²) in [6.07, 6.45) is 17.3. The Morgan fingerprint density at radius 1 is 0.966 bits per heavy atom. The maximum Gasteiger partial charge on any atom is 0.0602 e. The van der Waals surface area contributed by atoms with Crippen molar-refractivity contribution in [1.29, 1.82) is 0 Å². The lowest BCUT2D eigenvalue weighted by Gasteiger charge is -2.44. The Hall–Kier alpha value is -0.860. The number of rotatable bonds is 5. The molecule has 164 valence electrons. The number of aliphatic hydroxyl groups is 2. The highest BCUT2D eigenvalue weighted by Crippen LogP contribution is 2.59. The third-order valence-electron chi connectivity index (χ3n) is 8.52. The Kier molecular flexibility index (Phi) is 7.49. The van der Waals surface area contributed by atoms with Crippen molar-refractivity contribution in [2.45, 2.75) is 98.2 Å². The molecule has 3 rings (SSSR count). The maximum atomic E-state index is 9.97.